The molecule has 0 radical (unpaired) electrons. The van der Waals surface area contributed by atoms with Crippen LogP contribution in [-0.2, 0) is 0 Å². The van der Waals surface area contributed by atoms with Crippen molar-refractivity contribution in [3.63, 3.8) is 0 Å². The minimum absolute atomic E-state index is 0.148. The van der Waals surface area contributed by atoms with Crippen LogP contribution in [0.25, 0.3) is 11.3 Å². The average Bonchev–Trinajstić information content (AvgIpc) is 2.89. The van der Waals surface area contributed by atoms with Gasteiger partial charge in [0.05, 0.1) is 5.69 Å². The Hall–Kier alpha value is -1.07. The summed E-state index contributed by atoms with van der Waals surface area (Å²) in [6.45, 7) is 0. The largest absolute Gasteiger partial charge is 0.375 e. The Kier molecular flexibility index (Phi) is 4.27. The van der Waals surface area contributed by atoms with Crippen LogP contribution in [0.5, 0.6) is 0 Å². The second-order valence-corrected chi connectivity index (χ2v) is 7.33. The molecule has 2 nitrogen and oxygen atoms in total. The zero-order valence-corrected chi connectivity index (χ0v) is 12.8. The lowest BCUT2D eigenvalue weighted by atomic mass is 10.0. The predicted octanol–water partition coefficient (Wildman–Crippen LogP) is 4.96. The Morgan fingerprint density at radius 3 is 2.70 bits per heavy atom. The Labute approximate surface area is 126 Å². The Bertz CT molecular complexity index is 591. The summed E-state index contributed by atoms with van der Waals surface area (Å²) in [4.78, 5) is 4.94. The molecule has 5 heteroatoms. The second-order valence-electron chi connectivity index (χ2n) is 5.09. The van der Waals surface area contributed by atoms with E-state index >= 15 is 0 Å². The number of anilines is 1. The SMILES string of the molecule is Nc1nc(-c2ccc(SC3CCCCC3)c(F)c2)cs1. The molecule has 0 amide bonds. The van der Waals surface area contributed by atoms with E-state index in [2.05, 4.69) is 4.98 Å². The summed E-state index contributed by atoms with van der Waals surface area (Å²) in [6, 6.07) is 5.38. The van der Waals surface area contributed by atoms with Gasteiger partial charge in [-0.3, -0.25) is 0 Å². The molecule has 1 aliphatic rings. The molecule has 106 valence electrons. The van der Waals surface area contributed by atoms with Gasteiger partial charge < -0.3 is 5.73 Å². The number of hydrogen-bond donors (Lipinski definition) is 1. The lowest BCUT2D eigenvalue weighted by molar-refractivity contribution is 0.515. The lowest BCUT2D eigenvalue weighted by Crippen LogP contribution is -2.08. The van der Waals surface area contributed by atoms with Gasteiger partial charge in [0, 0.05) is 21.1 Å². The molecule has 1 heterocycles. The summed E-state index contributed by atoms with van der Waals surface area (Å²) in [5.41, 5.74) is 7.16. The Balaban J connectivity index is 1.76. The first-order chi connectivity index (χ1) is 9.72. The summed E-state index contributed by atoms with van der Waals surface area (Å²) in [5.74, 6) is -0.148. The van der Waals surface area contributed by atoms with Gasteiger partial charge in [-0.1, -0.05) is 25.3 Å². The summed E-state index contributed by atoms with van der Waals surface area (Å²) < 4.78 is 14.2. The molecule has 1 aliphatic carbocycles. The maximum absolute atomic E-state index is 14.2. The Morgan fingerprint density at radius 1 is 1.25 bits per heavy atom. The highest BCUT2D eigenvalue weighted by atomic mass is 32.2. The minimum Gasteiger partial charge on any atom is -0.375 e. The van der Waals surface area contributed by atoms with E-state index in [0.29, 0.717) is 10.4 Å². The fourth-order valence-electron chi connectivity index (χ4n) is 2.54. The molecule has 2 N–H and O–H groups in total. The van der Waals surface area contributed by atoms with E-state index in [1.165, 1.54) is 43.4 Å². The van der Waals surface area contributed by atoms with Crippen molar-refractivity contribution in [3.8, 4) is 11.3 Å². The molecular formula is C15H17FN2S2. The number of halogens is 1. The van der Waals surface area contributed by atoms with Crippen molar-refractivity contribution in [2.24, 2.45) is 0 Å². The number of thioether (sulfide) groups is 1. The van der Waals surface area contributed by atoms with Gasteiger partial charge in [-0.25, -0.2) is 9.37 Å². The van der Waals surface area contributed by atoms with Crippen LogP contribution in [0.4, 0.5) is 9.52 Å². The zero-order chi connectivity index (χ0) is 13.9. The lowest BCUT2D eigenvalue weighted by Gasteiger charge is -2.21. The molecular weight excluding hydrogens is 291 g/mol. The standard InChI is InChI=1S/C15H17FN2S2/c16-12-8-10(13-9-19-15(17)18-13)6-7-14(12)20-11-4-2-1-3-5-11/h6-9,11H,1-5H2,(H2,17,18). The molecule has 1 aromatic heterocycles. The van der Waals surface area contributed by atoms with Crippen molar-refractivity contribution in [2.45, 2.75) is 42.2 Å². The highest BCUT2D eigenvalue weighted by Gasteiger charge is 2.17. The molecule has 0 saturated heterocycles. The molecule has 0 atom stereocenters. The van der Waals surface area contributed by atoms with Crippen molar-refractivity contribution >= 4 is 28.2 Å². The van der Waals surface area contributed by atoms with Crippen molar-refractivity contribution in [2.75, 3.05) is 5.73 Å². The molecule has 1 fully saturated rings. The molecule has 20 heavy (non-hydrogen) atoms. The van der Waals surface area contributed by atoms with Crippen LogP contribution >= 0.6 is 23.1 Å². The van der Waals surface area contributed by atoms with Crippen LogP contribution in [0.2, 0.25) is 0 Å². The number of nitrogen functional groups attached to an aromatic ring is 1. The van der Waals surface area contributed by atoms with Crippen LogP contribution in [-0.4, -0.2) is 10.2 Å². The maximum Gasteiger partial charge on any atom is 0.180 e. The van der Waals surface area contributed by atoms with E-state index in [0.717, 1.165) is 16.2 Å². The molecule has 0 aliphatic heterocycles. The van der Waals surface area contributed by atoms with E-state index in [4.69, 9.17) is 5.73 Å². The van der Waals surface area contributed by atoms with Gasteiger partial charge in [0.25, 0.3) is 0 Å². The zero-order valence-electron chi connectivity index (χ0n) is 11.1. The summed E-state index contributed by atoms with van der Waals surface area (Å²) in [7, 11) is 0. The van der Waals surface area contributed by atoms with Gasteiger partial charge in [0.15, 0.2) is 5.13 Å². The minimum atomic E-state index is -0.148. The molecule has 0 spiro atoms. The smallest absolute Gasteiger partial charge is 0.180 e. The van der Waals surface area contributed by atoms with Gasteiger partial charge >= 0.3 is 0 Å². The summed E-state index contributed by atoms with van der Waals surface area (Å²) in [5, 5.41) is 2.94. The summed E-state index contributed by atoms with van der Waals surface area (Å²) >= 11 is 3.06. The first-order valence-corrected chi connectivity index (χ1v) is 8.66. The molecule has 1 aromatic carbocycles. The maximum atomic E-state index is 14.2. The van der Waals surface area contributed by atoms with Crippen LogP contribution < -0.4 is 5.73 Å². The van der Waals surface area contributed by atoms with Crippen molar-refractivity contribution < 1.29 is 4.39 Å². The third kappa shape index (κ3) is 3.15. The molecule has 2 aromatic rings. The van der Waals surface area contributed by atoms with Gasteiger partial charge in [-0.15, -0.1) is 23.1 Å². The van der Waals surface area contributed by atoms with E-state index in [-0.39, 0.29) is 5.82 Å². The van der Waals surface area contributed by atoms with Crippen molar-refractivity contribution in [3.05, 3.63) is 29.4 Å². The molecule has 0 bridgehead atoms. The number of rotatable bonds is 3. The molecule has 0 unspecified atom stereocenters. The number of thiazole rings is 1. The average molecular weight is 308 g/mol. The number of nitrogens with two attached hydrogens (primary N) is 1. The van der Waals surface area contributed by atoms with Crippen LogP contribution in [0.15, 0.2) is 28.5 Å². The third-order valence-corrected chi connectivity index (χ3v) is 5.66. The fraction of sp³-hybridized carbons (Fsp3) is 0.400. The number of hydrogen-bond acceptors (Lipinski definition) is 4. The van der Waals surface area contributed by atoms with Crippen LogP contribution in [0.3, 0.4) is 0 Å². The van der Waals surface area contributed by atoms with Crippen LogP contribution in [0.1, 0.15) is 32.1 Å². The second kappa shape index (κ2) is 6.14. The Morgan fingerprint density at radius 2 is 2.05 bits per heavy atom. The van der Waals surface area contributed by atoms with Crippen molar-refractivity contribution in [1.29, 1.82) is 0 Å². The van der Waals surface area contributed by atoms with Crippen LogP contribution in [0, 0.1) is 5.82 Å². The normalized spacial score (nSPS) is 16.4. The predicted molar refractivity (Wildman–Crippen MR) is 84.7 cm³/mol. The highest BCUT2D eigenvalue weighted by Crippen LogP contribution is 2.36. The van der Waals surface area contributed by atoms with E-state index in [1.54, 1.807) is 17.8 Å². The quantitative estimate of drug-likeness (QED) is 0.871. The number of aromatic nitrogens is 1. The molecule has 3 rings (SSSR count). The van der Waals surface area contributed by atoms with E-state index < -0.39 is 0 Å². The first kappa shape index (κ1) is 13.9. The van der Waals surface area contributed by atoms with Gasteiger partial charge in [-0.2, -0.15) is 0 Å². The summed E-state index contributed by atoms with van der Waals surface area (Å²) in [6.07, 6.45) is 6.28. The molecule has 1 saturated carbocycles. The van der Waals surface area contributed by atoms with Gasteiger partial charge in [0.2, 0.25) is 0 Å². The van der Waals surface area contributed by atoms with Gasteiger partial charge in [0.1, 0.15) is 5.82 Å². The number of benzene rings is 1. The fourth-order valence-corrected chi connectivity index (χ4v) is 4.36. The highest BCUT2D eigenvalue weighted by molar-refractivity contribution is 8.00. The van der Waals surface area contributed by atoms with E-state index in [1.807, 2.05) is 17.5 Å². The van der Waals surface area contributed by atoms with Gasteiger partial charge in [-0.05, 0) is 25.0 Å². The number of nitrogens with zero attached hydrogens (tertiary/aromatic N) is 1. The third-order valence-electron chi connectivity index (χ3n) is 3.60. The topological polar surface area (TPSA) is 38.9 Å². The monoisotopic (exact) mass is 308 g/mol. The first-order valence-electron chi connectivity index (χ1n) is 6.90. The van der Waals surface area contributed by atoms with E-state index in [9.17, 15) is 4.39 Å². The van der Waals surface area contributed by atoms with Crippen molar-refractivity contribution in [1.82, 2.24) is 4.98 Å².